The molecule has 2 fully saturated rings. The number of piperidine rings is 1. The maximum absolute atomic E-state index is 12.0. The van der Waals surface area contributed by atoms with Gasteiger partial charge in [-0.2, -0.15) is 0 Å². The summed E-state index contributed by atoms with van der Waals surface area (Å²) in [6, 6.07) is 0.204. The van der Waals surface area contributed by atoms with Gasteiger partial charge in [0.1, 0.15) is 6.54 Å². The number of amides is 2. The molecule has 1 aliphatic carbocycles. The van der Waals surface area contributed by atoms with Crippen molar-refractivity contribution in [2.75, 3.05) is 60.6 Å². The molecule has 0 unspecified atom stereocenters. The molecule has 0 aromatic rings. The summed E-state index contributed by atoms with van der Waals surface area (Å²) in [6.45, 7) is 5.19. The molecule has 30 heavy (non-hydrogen) atoms. The summed E-state index contributed by atoms with van der Waals surface area (Å²) in [7, 11) is 5.19. The van der Waals surface area contributed by atoms with E-state index in [9.17, 15) is 9.59 Å². The molecular weight excluding hydrogens is 501 g/mol. The summed E-state index contributed by atoms with van der Waals surface area (Å²) >= 11 is 0. The number of guanidine groups is 1. The standard InChI is InChI=1S/C20H37N5O4.HI/c1-5-29-19(27)25-11-6-16(7-12-25)23-18(21-14-17(26)24(2)3)22-15-20(8-9-20)10-13-28-4;/h16H,5-15H2,1-4H3,(H2,21,22,23);1H. The Bertz CT molecular complexity index is 576. The fraction of sp³-hybridized carbons (Fsp3) is 0.850. The van der Waals surface area contributed by atoms with Crippen molar-refractivity contribution in [3.63, 3.8) is 0 Å². The van der Waals surface area contributed by atoms with Gasteiger partial charge in [0.15, 0.2) is 5.96 Å². The van der Waals surface area contributed by atoms with E-state index in [1.807, 2.05) is 6.92 Å². The smallest absolute Gasteiger partial charge is 0.409 e. The van der Waals surface area contributed by atoms with E-state index in [2.05, 4.69) is 15.6 Å². The van der Waals surface area contributed by atoms with E-state index in [0.717, 1.165) is 32.4 Å². The van der Waals surface area contributed by atoms with Gasteiger partial charge in [-0.25, -0.2) is 9.79 Å². The van der Waals surface area contributed by atoms with Gasteiger partial charge in [-0.1, -0.05) is 0 Å². The third-order valence-corrected chi connectivity index (χ3v) is 5.66. The van der Waals surface area contributed by atoms with Crippen molar-refractivity contribution in [3.05, 3.63) is 0 Å². The second kappa shape index (κ2) is 13.2. The number of halogens is 1. The second-order valence-corrected chi connectivity index (χ2v) is 8.15. The van der Waals surface area contributed by atoms with Crippen molar-refractivity contribution in [3.8, 4) is 0 Å². The molecule has 9 nitrogen and oxygen atoms in total. The predicted molar refractivity (Wildman–Crippen MR) is 127 cm³/mol. The number of nitrogens with zero attached hydrogens (tertiary/aromatic N) is 3. The number of likely N-dealkylation sites (N-methyl/N-ethyl adjacent to an activating group) is 1. The number of carbonyl (C=O) groups excluding carboxylic acids is 2. The minimum Gasteiger partial charge on any atom is -0.450 e. The van der Waals surface area contributed by atoms with Gasteiger partial charge in [0.05, 0.1) is 6.61 Å². The zero-order valence-corrected chi connectivity index (χ0v) is 21.1. The molecule has 2 aliphatic rings. The maximum atomic E-state index is 12.0. The Morgan fingerprint density at radius 2 is 1.90 bits per heavy atom. The second-order valence-electron chi connectivity index (χ2n) is 8.15. The Kier molecular flexibility index (Phi) is 11.7. The topological polar surface area (TPSA) is 95.5 Å². The molecule has 0 radical (unpaired) electrons. The first-order valence-electron chi connectivity index (χ1n) is 10.5. The van der Waals surface area contributed by atoms with Crippen LogP contribution in [-0.2, 0) is 14.3 Å². The van der Waals surface area contributed by atoms with Gasteiger partial charge in [0, 0.05) is 53.5 Å². The summed E-state index contributed by atoms with van der Waals surface area (Å²) in [5.41, 5.74) is 0.275. The van der Waals surface area contributed by atoms with Crippen LogP contribution in [0.3, 0.4) is 0 Å². The lowest BCUT2D eigenvalue weighted by Crippen LogP contribution is -2.51. The van der Waals surface area contributed by atoms with Crippen LogP contribution >= 0.6 is 24.0 Å². The lowest BCUT2D eigenvalue weighted by molar-refractivity contribution is -0.127. The molecule has 2 rings (SSSR count). The Labute approximate surface area is 197 Å². The van der Waals surface area contributed by atoms with E-state index in [1.54, 1.807) is 31.0 Å². The van der Waals surface area contributed by atoms with Gasteiger partial charge in [-0.15, -0.1) is 24.0 Å². The van der Waals surface area contributed by atoms with Crippen molar-refractivity contribution in [1.29, 1.82) is 0 Å². The van der Waals surface area contributed by atoms with Crippen LogP contribution in [-0.4, -0.2) is 94.4 Å². The average molecular weight is 539 g/mol. The van der Waals surface area contributed by atoms with Gasteiger partial charge in [0.2, 0.25) is 5.91 Å². The minimum absolute atomic E-state index is 0. The van der Waals surface area contributed by atoms with Gasteiger partial charge in [-0.3, -0.25) is 4.79 Å². The molecule has 0 atom stereocenters. The van der Waals surface area contributed by atoms with Crippen LogP contribution in [0.15, 0.2) is 4.99 Å². The molecule has 10 heteroatoms. The van der Waals surface area contributed by atoms with Crippen LogP contribution in [0.4, 0.5) is 4.79 Å². The Hall–Kier alpha value is -1.30. The van der Waals surface area contributed by atoms with Crippen LogP contribution in [0.25, 0.3) is 0 Å². The third-order valence-electron chi connectivity index (χ3n) is 5.66. The molecule has 1 aliphatic heterocycles. The molecule has 0 bridgehead atoms. The molecule has 2 N–H and O–H groups in total. The largest absolute Gasteiger partial charge is 0.450 e. The predicted octanol–water partition coefficient (Wildman–Crippen LogP) is 1.67. The quantitative estimate of drug-likeness (QED) is 0.263. The molecular formula is C20H38IN5O4. The number of nitrogens with one attached hydrogen (secondary N) is 2. The Balaban J connectivity index is 0.00000450. The first-order valence-corrected chi connectivity index (χ1v) is 10.5. The van der Waals surface area contributed by atoms with Gasteiger partial charge in [0.25, 0.3) is 0 Å². The van der Waals surface area contributed by atoms with Gasteiger partial charge in [-0.05, 0) is 44.4 Å². The SMILES string of the molecule is CCOC(=O)N1CCC(NC(=NCC(=O)N(C)C)NCC2(CCOC)CC2)CC1.I. The fourth-order valence-electron chi connectivity index (χ4n) is 3.34. The number of likely N-dealkylation sites (tertiary alicyclic amines) is 1. The molecule has 0 spiro atoms. The highest BCUT2D eigenvalue weighted by atomic mass is 127. The van der Waals surface area contributed by atoms with Crippen molar-refractivity contribution in [2.45, 2.75) is 45.1 Å². The molecule has 174 valence electrons. The highest BCUT2D eigenvalue weighted by molar-refractivity contribution is 14.0. The van der Waals surface area contributed by atoms with E-state index >= 15 is 0 Å². The van der Waals surface area contributed by atoms with E-state index < -0.39 is 0 Å². The fourth-order valence-corrected chi connectivity index (χ4v) is 3.34. The van der Waals surface area contributed by atoms with Crippen molar-refractivity contribution in [2.24, 2.45) is 10.4 Å². The highest BCUT2D eigenvalue weighted by Crippen LogP contribution is 2.48. The van der Waals surface area contributed by atoms with Crippen molar-refractivity contribution < 1.29 is 19.1 Å². The molecule has 2 amide bonds. The molecule has 1 saturated heterocycles. The van der Waals surface area contributed by atoms with Crippen LogP contribution in [0.5, 0.6) is 0 Å². The molecule has 1 saturated carbocycles. The zero-order valence-electron chi connectivity index (χ0n) is 18.7. The number of carbonyl (C=O) groups is 2. The normalized spacial score (nSPS) is 18.3. The number of hydrogen-bond acceptors (Lipinski definition) is 5. The van der Waals surface area contributed by atoms with Gasteiger partial charge < -0.3 is 29.9 Å². The van der Waals surface area contributed by atoms with Crippen LogP contribution in [0.2, 0.25) is 0 Å². The number of aliphatic imine (C=N–C) groups is 1. The lowest BCUT2D eigenvalue weighted by atomic mass is 10.0. The number of hydrogen-bond donors (Lipinski definition) is 2. The molecule has 0 aromatic carbocycles. The maximum Gasteiger partial charge on any atom is 0.409 e. The minimum atomic E-state index is -0.247. The summed E-state index contributed by atoms with van der Waals surface area (Å²) < 4.78 is 10.3. The summed E-state index contributed by atoms with van der Waals surface area (Å²) in [5.74, 6) is 0.627. The molecule has 1 heterocycles. The number of ether oxygens (including phenoxy) is 2. The van der Waals surface area contributed by atoms with Gasteiger partial charge >= 0.3 is 6.09 Å². The average Bonchev–Trinajstić information content (AvgIpc) is 3.49. The molecule has 0 aromatic heterocycles. The highest BCUT2D eigenvalue weighted by Gasteiger charge is 2.42. The first-order chi connectivity index (χ1) is 13.9. The van der Waals surface area contributed by atoms with Crippen LogP contribution in [0, 0.1) is 5.41 Å². The third kappa shape index (κ3) is 8.83. The summed E-state index contributed by atoms with van der Waals surface area (Å²) in [6.07, 6.45) is 4.78. The monoisotopic (exact) mass is 539 g/mol. The van der Waals surface area contributed by atoms with Crippen LogP contribution in [0.1, 0.15) is 39.0 Å². The van der Waals surface area contributed by atoms with Crippen LogP contribution < -0.4 is 10.6 Å². The summed E-state index contributed by atoms with van der Waals surface area (Å²) in [4.78, 5) is 31.6. The number of methoxy groups -OCH3 is 1. The van der Waals surface area contributed by atoms with E-state index in [0.29, 0.717) is 25.7 Å². The summed E-state index contributed by atoms with van der Waals surface area (Å²) in [5, 5.41) is 6.89. The zero-order chi connectivity index (χ0) is 21.3. The Morgan fingerprint density at radius 3 is 2.43 bits per heavy atom. The van der Waals surface area contributed by atoms with E-state index in [4.69, 9.17) is 9.47 Å². The van der Waals surface area contributed by atoms with Crippen molar-refractivity contribution in [1.82, 2.24) is 20.4 Å². The first kappa shape index (κ1) is 26.7. The lowest BCUT2D eigenvalue weighted by Gasteiger charge is -2.32. The van der Waals surface area contributed by atoms with E-state index in [-0.39, 0.29) is 54.0 Å². The van der Waals surface area contributed by atoms with E-state index in [1.165, 1.54) is 12.8 Å². The van der Waals surface area contributed by atoms with Crippen molar-refractivity contribution >= 4 is 41.9 Å². The Morgan fingerprint density at radius 1 is 1.23 bits per heavy atom. The number of rotatable bonds is 9.